The van der Waals surface area contributed by atoms with Crippen molar-refractivity contribution in [3.63, 3.8) is 0 Å². The summed E-state index contributed by atoms with van der Waals surface area (Å²) in [6.45, 7) is 3.92. The van der Waals surface area contributed by atoms with Gasteiger partial charge in [0.25, 0.3) is 5.88 Å². The number of rotatable bonds is 0. The Hall–Kier alpha value is -3.80. The van der Waals surface area contributed by atoms with E-state index in [1.165, 1.54) is 10.9 Å². The van der Waals surface area contributed by atoms with Crippen LogP contribution in [0.2, 0.25) is 0 Å². The average molecular weight is 404 g/mol. The highest BCUT2D eigenvalue weighted by Crippen LogP contribution is 2.41. The zero-order chi connectivity index (χ0) is 21.0. The maximum Gasteiger partial charge on any atom is 0.258 e. The number of nitrogens with zero attached hydrogens (tertiary/aromatic N) is 5. The molecule has 3 aromatic rings. The van der Waals surface area contributed by atoms with E-state index in [1.54, 1.807) is 7.05 Å². The summed E-state index contributed by atoms with van der Waals surface area (Å²) in [6.07, 6.45) is 1.56. The maximum atomic E-state index is 9.65. The van der Waals surface area contributed by atoms with E-state index in [2.05, 4.69) is 21.1 Å². The zero-order valence-electron chi connectivity index (χ0n) is 16.8. The molecule has 2 N–H and O–H groups in total. The first-order valence-electron chi connectivity index (χ1n) is 9.65. The van der Waals surface area contributed by atoms with Gasteiger partial charge in [-0.25, -0.2) is 9.97 Å². The van der Waals surface area contributed by atoms with Gasteiger partial charge in [-0.3, -0.25) is 4.68 Å². The molecule has 2 aliphatic rings. The third-order valence-electron chi connectivity index (χ3n) is 5.25. The van der Waals surface area contributed by atoms with E-state index >= 15 is 0 Å². The standard InChI is InChI=1S/C21H20N6O3/c1-10-4-5-15-12(6-10)11(2)28-21-19(23)24-9-13(25-21)18-14(8-22)27(3)26-20(18)30-17-7-16(17)29-15/h4-6,9,11,16-17H,7H2,1-3H3,(H2,23,24)/t11-,16?,17?/m1/s1. The smallest absolute Gasteiger partial charge is 0.258 e. The molecule has 0 radical (unpaired) electrons. The van der Waals surface area contributed by atoms with Gasteiger partial charge in [-0.05, 0) is 26.0 Å². The number of nitriles is 1. The second kappa shape index (κ2) is 6.62. The molecule has 1 saturated carbocycles. The fourth-order valence-corrected chi connectivity index (χ4v) is 3.56. The fourth-order valence-electron chi connectivity index (χ4n) is 3.56. The number of nitrogens with two attached hydrogens (primary N) is 1. The summed E-state index contributed by atoms with van der Waals surface area (Å²) in [5.41, 5.74) is 9.20. The van der Waals surface area contributed by atoms with Crippen LogP contribution in [0, 0.1) is 18.3 Å². The van der Waals surface area contributed by atoms with Crippen molar-refractivity contribution >= 4 is 5.82 Å². The van der Waals surface area contributed by atoms with Crippen LogP contribution in [0.25, 0.3) is 11.3 Å². The van der Waals surface area contributed by atoms with Crippen LogP contribution in [0.3, 0.4) is 0 Å². The fraction of sp³-hybridized carbons (Fsp3) is 0.333. The van der Waals surface area contributed by atoms with Crippen molar-refractivity contribution in [2.45, 2.75) is 38.6 Å². The van der Waals surface area contributed by atoms with Gasteiger partial charge >= 0.3 is 0 Å². The number of aryl methyl sites for hydroxylation is 2. The lowest BCUT2D eigenvalue weighted by Gasteiger charge is -2.19. The van der Waals surface area contributed by atoms with E-state index in [-0.39, 0.29) is 30.0 Å². The molecule has 1 aliphatic carbocycles. The van der Waals surface area contributed by atoms with Crippen LogP contribution < -0.4 is 19.9 Å². The predicted molar refractivity (Wildman–Crippen MR) is 107 cm³/mol. The van der Waals surface area contributed by atoms with Crippen molar-refractivity contribution in [2.75, 3.05) is 5.73 Å². The Labute approximate surface area is 173 Å². The molecule has 1 aromatic carbocycles. The van der Waals surface area contributed by atoms with Crippen LogP contribution in [-0.2, 0) is 7.05 Å². The number of hydrogen-bond donors (Lipinski definition) is 1. The largest absolute Gasteiger partial charge is 0.486 e. The first-order valence-corrected chi connectivity index (χ1v) is 9.65. The summed E-state index contributed by atoms with van der Waals surface area (Å²) in [7, 11) is 1.68. The van der Waals surface area contributed by atoms with E-state index < -0.39 is 0 Å². The normalized spacial score (nSPS) is 21.6. The molecule has 2 aromatic heterocycles. The molecule has 3 heterocycles. The van der Waals surface area contributed by atoms with Gasteiger partial charge in [0.2, 0.25) is 5.88 Å². The van der Waals surface area contributed by atoms with Gasteiger partial charge in [0.1, 0.15) is 41.4 Å². The number of nitrogen functional groups attached to an aromatic ring is 1. The number of benzene rings is 1. The van der Waals surface area contributed by atoms with E-state index in [0.29, 0.717) is 22.8 Å². The first kappa shape index (κ1) is 18.2. The Balaban J connectivity index is 1.68. The summed E-state index contributed by atoms with van der Waals surface area (Å²) in [6, 6.07) is 8.11. The summed E-state index contributed by atoms with van der Waals surface area (Å²) in [5.74, 6) is 1.37. The molecule has 0 amide bonds. The van der Waals surface area contributed by atoms with Crippen LogP contribution >= 0.6 is 0 Å². The molecule has 2 unspecified atom stereocenters. The first-order chi connectivity index (χ1) is 14.4. The van der Waals surface area contributed by atoms with E-state index in [4.69, 9.17) is 19.9 Å². The lowest BCUT2D eigenvalue weighted by atomic mass is 10.1. The number of fused-ring (bicyclic) bond motifs is 6. The van der Waals surface area contributed by atoms with Gasteiger partial charge in [-0.2, -0.15) is 5.26 Å². The summed E-state index contributed by atoms with van der Waals surface area (Å²) >= 11 is 0. The van der Waals surface area contributed by atoms with Gasteiger partial charge in [0.05, 0.1) is 6.20 Å². The minimum Gasteiger partial charge on any atom is -0.486 e. The minimum absolute atomic E-state index is 0.112. The summed E-state index contributed by atoms with van der Waals surface area (Å²) < 4.78 is 19.9. The van der Waals surface area contributed by atoms with Crippen molar-refractivity contribution < 1.29 is 14.2 Å². The van der Waals surface area contributed by atoms with E-state index in [9.17, 15) is 5.26 Å². The Morgan fingerprint density at radius 1 is 1.20 bits per heavy atom. The number of aromatic nitrogens is 4. The second-order valence-corrected chi connectivity index (χ2v) is 7.56. The summed E-state index contributed by atoms with van der Waals surface area (Å²) in [4.78, 5) is 8.78. The second-order valence-electron chi connectivity index (χ2n) is 7.56. The Kier molecular flexibility index (Phi) is 4.03. The number of anilines is 1. The van der Waals surface area contributed by atoms with Crippen LogP contribution in [0.5, 0.6) is 17.5 Å². The van der Waals surface area contributed by atoms with Crippen molar-refractivity contribution in [3.8, 4) is 34.8 Å². The highest BCUT2D eigenvalue weighted by molar-refractivity contribution is 5.72. The van der Waals surface area contributed by atoms with Crippen LogP contribution in [0.1, 0.15) is 36.3 Å². The SMILES string of the molecule is Cc1ccc2c(c1)[C@@H](C)Oc1nc(cnc1N)-c1c(nn(C)c1C#N)OC1CC1O2. The van der Waals surface area contributed by atoms with Crippen LogP contribution in [-0.4, -0.2) is 32.0 Å². The third-order valence-corrected chi connectivity index (χ3v) is 5.25. The highest BCUT2D eigenvalue weighted by atomic mass is 16.6. The average Bonchev–Trinajstić information content (AvgIpc) is 3.36. The molecule has 5 rings (SSSR count). The monoisotopic (exact) mass is 404 g/mol. The van der Waals surface area contributed by atoms with Gasteiger partial charge in [-0.1, -0.05) is 11.6 Å². The van der Waals surface area contributed by atoms with Crippen molar-refractivity contribution in [1.29, 1.82) is 5.26 Å². The van der Waals surface area contributed by atoms with Crippen molar-refractivity contribution in [3.05, 3.63) is 41.2 Å². The highest BCUT2D eigenvalue weighted by Gasteiger charge is 2.44. The molecule has 2 bridgehead atoms. The molecule has 152 valence electrons. The molecule has 1 fully saturated rings. The lowest BCUT2D eigenvalue weighted by molar-refractivity contribution is 0.189. The van der Waals surface area contributed by atoms with Crippen molar-refractivity contribution in [1.82, 2.24) is 19.7 Å². The summed E-state index contributed by atoms with van der Waals surface area (Å²) in [5, 5.41) is 14.0. The van der Waals surface area contributed by atoms with E-state index in [0.717, 1.165) is 23.3 Å². The maximum absolute atomic E-state index is 9.65. The molecule has 0 saturated heterocycles. The number of hydrogen-bond acceptors (Lipinski definition) is 8. The molecule has 9 nitrogen and oxygen atoms in total. The Morgan fingerprint density at radius 2 is 2.00 bits per heavy atom. The third kappa shape index (κ3) is 2.97. The molecule has 30 heavy (non-hydrogen) atoms. The topological polar surface area (TPSA) is 121 Å². The zero-order valence-corrected chi connectivity index (χ0v) is 16.8. The van der Waals surface area contributed by atoms with E-state index in [1.807, 2.05) is 32.0 Å². The quantitative estimate of drug-likeness (QED) is 0.607. The predicted octanol–water partition coefficient (Wildman–Crippen LogP) is 2.69. The number of ether oxygens (including phenoxy) is 3. The minimum atomic E-state index is -0.380. The van der Waals surface area contributed by atoms with Gasteiger partial charge in [-0.15, -0.1) is 5.10 Å². The molecule has 9 heteroatoms. The van der Waals surface area contributed by atoms with Gasteiger partial charge < -0.3 is 19.9 Å². The van der Waals surface area contributed by atoms with Crippen LogP contribution in [0.15, 0.2) is 24.4 Å². The molecule has 1 aliphatic heterocycles. The van der Waals surface area contributed by atoms with Gasteiger partial charge in [0, 0.05) is 19.0 Å². The molecule has 0 spiro atoms. The molecular weight excluding hydrogens is 384 g/mol. The Morgan fingerprint density at radius 3 is 2.80 bits per heavy atom. The molecular formula is C21H20N6O3. The van der Waals surface area contributed by atoms with Crippen LogP contribution in [0.4, 0.5) is 5.82 Å². The molecule has 3 atom stereocenters. The Bertz CT molecular complexity index is 1200. The van der Waals surface area contributed by atoms with Crippen molar-refractivity contribution in [2.24, 2.45) is 7.05 Å². The van der Waals surface area contributed by atoms with Gasteiger partial charge in [0.15, 0.2) is 11.5 Å². The lowest BCUT2D eigenvalue weighted by Crippen LogP contribution is -2.13.